The van der Waals surface area contributed by atoms with E-state index in [1.54, 1.807) is 0 Å². The second-order valence-electron chi connectivity index (χ2n) is 12.2. The van der Waals surface area contributed by atoms with Crippen LogP contribution in [0.25, 0.3) is 0 Å². The molecule has 2 aromatic rings. The maximum absolute atomic E-state index is 13.7. The van der Waals surface area contributed by atoms with Crippen LogP contribution in [-0.4, -0.2) is 46.1 Å². The third-order valence-electron chi connectivity index (χ3n) is 9.72. The van der Waals surface area contributed by atoms with Crippen LogP contribution in [0.4, 0.5) is 5.69 Å². The molecule has 7 nitrogen and oxygen atoms in total. The van der Waals surface area contributed by atoms with Crippen molar-refractivity contribution in [3.05, 3.63) is 54.1 Å². The SMILES string of the molecule is NC1=Nc2ccc(Oc3ccccc3)cc2CN1[C@@H](CCC(=O)N1C2CCCCC2C[C@H]1C=O)C1CCCCC1. The van der Waals surface area contributed by atoms with Gasteiger partial charge in [-0.05, 0) is 80.7 Å². The topological polar surface area (TPSA) is 88.2 Å². The number of carbonyl (C=O) groups excluding carboxylic acids is 2. The number of hydrogen-bond donors (Lipinski definition) is 1. The molecule has 40 heavy (non-hydrogen) atoms. The van der Waals surface area contributed by atoms with Crippen molar-refractivity contribution in [2.24, 2.45) is 22.6 Å². The Kier molecular flexibility index (Phi) is 8.08. The van der Waals surface area contributed by atoms with E-state index in [0.717, 1.165) is 74.0 Å². The van der Waals surface area contributed by atoms with E-state index in [-0.39, 0.29) is 24.0 Å². The number of aldehydes is 1. The predicted octanol–water partition coefficient (Wildman–Crippen LogP) is 6.33. The Morgan fingerprint density at radius 3 is 2.58 bits per heavy atom. The number of carbonyl (C=O) groups is 2. The zero-order valence-electron chi connectivity index (χ0n) is 23.4. The van der Waals surface area contributed by atoms with Crippen LogP contribution in [0, 0.1) is 11.8 Å². The van der Waals surface area contributed by atoms with Gasteiger partial charge in [-0.25, -0.2) is 4.99 Å². The van der Waals surface area contributed by atoms with Crippen molar-refractivity contribution in [3.8, 4) is 11.5 Å². The molecule has 7 heteroatoms. The maximum atomic E-state index is 13.7. The molecule has 3 fully saturated rings. The van der Waals surface area contributed by atoms with Crippen molar-refractivity contribution >= 4 is 23.8 Å². The third kappa shape index (κ3) is 5.61. The predicted molar refractivity (Wildman–Crippen MR) is 156 cm³/mol. The fraction of sp³-hybridized carbons (Fsp3) is 0.545. The molecule has 2 aliphatic heterocycles. The Morgan fingerprint density at radius 2 is 1.77 bits per heavy atom. The Balaban J connectivity index is 1.20. The summed E-state index contributed by atoms with van der Waals surface area (Å²) < 4.78 is 6.11. The largest absolute Gasteiger partial charge is 0.457 e. The van der Waals surface area contributed by atoms with E-state index in [1.165, 1.54) is 25.7 Å². The van der Waals surface area contributed by atoms with Gasteiger partial charge in [-0.1, -0.05) is 50.3 Å². The van der Waals surface area contributed by atoms with Crippen LogP contribution in [-0.2, 0) is 16.1 Å². The summed E-state index contributed by atoms with van der Waals surface area (Å²) >= 11 is 0. The Labute approximate surface area is 237 Å². The number of ether oxygens (including phenoxy) is 1. The Hall–Kier alpha value is -3.35. The first-order chi connectivity index (χ1) is 19.6. The van der Waals surface area contributed by atoms with E-state index in [4.69, 9.17) is 15.5 Å². The van der Waals surface area contributed by atoms with Gasteiger partial charge < -0.3 is 25.1 Å². The summed E-state index contributed by atoms with van der Waals surface area (Å²) in [5.41, 5.74) is 8.59. The highest BCUT2D eigenvalue weighted by Crippen LogP contribution is 2.41. The monoisotopic (exact) mass is 542 g/mol. The highest BCUT2D eigenvalue weighted by molar-refractivity contribution is 5.84. The van der Waals surface area contributed by atoms with Gasteiger partial charge in [0, 0.05) is 30.6 Å². The van der Waals surface area contributed by atoms with Crippen LogP contribution in [0.1, 0.15) is 82.6 Å². The summed E-state index contributed by atoms with van der Waals surface area (Å²) in [7, 11) is 0. The molecule has 0 aromatic heterocycles. The molecule has 0 spiro atoms. The van der Waals surface area contributed by atoms with Crippen molar-refractivity contribution in [2.75, 3.05) is 0 Å². The number of hydrogen-bond acceptors (Lipinski definition) is 6. The molecule has 0 radical (unpaired) electrons. The fourth-order valence-electron chi connectivity index (χ4n) is 7.78. The van der Waals surface area contributed by atoms with Gasteiger partial charge in [0.25, 0.3) is 0 Å². The molecular formula is C33H42N4O3. The van der Waals surface area contributed by atoms with E-state index >= 15 is 0 Å². The minimum Gasteiger partial charge on any atom is -0.457 e. The molecule has 1 saturated heterocycles. The number of amides is 1. The minimum absolute atomic E-state index is 0.138. The third-order valence-corrected chi connectivity index (χ3v) is 9.72. The van der Waals surface area contributed by atoms with Gasteiger partial charge in [-0.2, -0.15) is 0 Å². The number of nitrogens with two attached hydrogens (primary N) is 1. The molecule has 2 N–H and O–H groups in total. The van der Waals surface area contributed by atoms with E-state index in [9.17, 15) is 9.59 Å². The van der Waals surface area contributed by atoms with Crippen LogP contribution < -0.4 is 10.5 Å². The number of benzene rings is 2. The molecular weight excluding hydrogens is 500 g/mol. The van der Waals surface area contributed by atoms with Crippen molar-refractivity contribution < 1.29 is 14.3 Å². The van der Waals surface area contributed by atoms with Crippen molar-refractivity contribution in [1.29, 1.82) is 0 Å². The van der Waals surface area contributed by atoms with Gasteiger partial charge in [0.05, 0.1) is 11.7 Å². The van der Waals surface area contributed by atoms with E-state index in [0.29, 0.717) is 30.8 Å². The first-order valence-corrected chi connectivity index (χ1v) is 15.3. The molecule has 1 amide bonds. The number of rotatable bonds is 8. The van der Waals surface area contributed by atoms with Crippen LogP contribution in [0.15, 0.2) is 53.5 Å². The summed E-state index contributed by atoms with van der Waals surface area (Å²) in [4.78, 5) is 34.7. The van der Waals surface area contributed by atoms with Gasteiger partial charge >= 0.3 is 0 Å². The highest BCUT2D eigenvalue weighted by Gasteiger charge is 2.44. The summed E-state index contributed by atoms with van der Waals surface area (Å²) in [5, 5.41) is 0. The smallest absolute Gasteiger partial charge is 0.223 e. The number of likely N-dealkylation sites (tertiary alicyclic amines) is 1. The molecule has 0 bridgehead atoms. The van der Waals surface area contributed by atoms with E-state index in [2.05, 4.69) is 11.0 Å². The van der Waals surface area contributed by atoms with Gasteiger partial charge in [0.1, 0.15) is 17.8 Å². The van der Waals surface area contributed by atoms with Gasteiger partial charge in [-0.3, -0.25) is 4.79 Å². The lowest BCUT2D eigenvalue weighted by Gasteiger charge is -2.41. The van der Waals surface area contributed by atoms with Crippen LogP contribution in [0.2, 0.25) is 0 Å². The normalized spacial score (nSPS) is 25.5. The maximum Gasteiger partial charge on any atom is 0.223 e. The number of guanidine groups is 1. The number of para-hydroxylation sites is 1. The van der Waals surface area contributed by atoms with Gasteiger partial charge in [0.2, 0.25) is 5.91 Å². The molecule has 6 rings (SSSR count). The van der Waals surface area contributed by atoms with Gasteiger partial charge in [-0.15, -0.1) is 0 Å². The first kappa shape index (κ1) is 26.9. The van der Waals surface area contributed by atoms with Crippen LogP contribution in [0.5, 0.6) is 11.5 Å². The van der Waals surface area contributed by atoms with Crippen molar-refractivity contribution in [3.63, 3.8) is 0 Å². The second kappa shape index (κ2) is 12.0. The lowest BCUT2D eigenvalue weighted by molar-refractivity contribution is -0.137. The standard InChI is InChI=1S/C33H42N4O3/c34-33-35-29-16-15-28(40-27-12-5-2-6-13-27)20-25(29)21-36(33)30(23-9-3-1-4-10-23)17-18-32(39)37-26(22-38)19-24-11-7-8-14-31(24)37/h2,5-6,12-13,15-16,20,22-24,26,30-31H,1,3-4,7-11,14,17-19,21H2,(H2,34,35)/t24?,26-,30-,31?/m0/s1. The fourth-order valence-corrected chi connectivity index (χ4v) is 7.78. The number of fused-ring (bicyclic) bond motifs is 2. The van der Waals surface area contributed by atoms with Crippen molar-refractivity contribution in [1.82, 2.24) is 9.80 Å². The lowest BCUT2D eigenvalue weighted by Crippen LogP contribution is -2.50. The second-order valence-corrected chi connectivity index (χ2v) is 12.2. The zero-order chi connectivity index (χ0) is 27.5. The molecule has 4 atom stereocenters. The summed E-state index contributed by atoms with van der Waals surface area (Å²) in [6, 6.07) is 15.9. The van der Waals surface area contributed by atoms with Crippen LogP contribution >= 0.6 is 0 Å². The van der Waals surface area contributed by atoms with Crippen molar-refractivity contribution in [2.45, 2.75) is 102 Å². The molecule has 4 aliphatic rings. The summed E-state index contributed by atoms with van der Waals surface area (Å²) in [5.74, 6) is 3.21. The zero-order valence-corrected chi connectivity index (χ0v) is 23.4. The number of aliphatic imine (C=N–C) groups is 1. The van der Waals surface area contributed by atoms with Crippen LogP contribution in [0.3, 0.4) is 0 Å². The molecule has 2 unspecified atom stereocenters. The molecule has 2 aromatic carbocycles. The summed E-state index contributed by atoms with van der Waals surface area (Å²) in [6.45, 7) is 0.650. The molecule has 2 heterocycles. The quantitative estimate of drug-likeness (QED) is 0.394. The lowest BCUT2D eigenvalue weighted by atomic mass is 9.81. The average Bonchev–Trinajstić information content (AvgIpc) is 3.37. The number of nitrogens with zero attached hydrogens (tertiary/aromatic N) is 3. The Bertz CT molecular complexity index is 1230. The van der Waals surface area contributed by atoms with Gasteiger partial charge in [0.15, 0.2) is 5.96 Å². The van der Waals surface area contributed by atoms with E-state index in [1.807, 2.05) is 47.4 Å². The molecule has 212 valence electrons. The average molecular weight is 543 g/mol. The highest BCUT2D eigenvalue weighted by atomic mass is 16.5. The first-order valence-electron chi connectivity index (χ1n) is 15.3. The molecule has 2 aliphatic carbocycles. The summed E-state index contributed by atoms with van der Waals surface area (Å²) in [6.07, 6.45) is 13.6. The minimum atomic E-state index is -0.259. The Morgan fingerprint density at radius 1 is 1.00 bits per heavy atom. The molecule has 2 saturated carbocycles. The van der Waals surface area contributed by atoms with E-state index < -0.39 is 0 Å².